The fourth-order valence-electron chi connectivity index (χ4n) is 4.25. The number of carbonyl (C=O) groups is 1. The van der Waals surface area contributed by atoms with Crippen molar-refractivity contribution in [3.8, 4) is 5.75 Å². The fraction of sp³-hybridized carbons (Fsp3) is 0.421. The van der Waals surface area contributed by atoms with Crippen LogP contribution in [0.15, 0.2) is 36.4 Å². The number of methoxy groups -OCH3 is 1. The average Bonchev–Trinajstić information content (AvgIpc) is 2.99. The highest BCUT2D eigenvalue weighted by atomic mass is 31.2. The minimum Gasteiger partial charge on any atom is -0.468 e. The summed E-state index contributed by atoms with van der Waals surface area (Å²) >= 11 is 0. The number of fused-ring (bicyclic) bond motifs is 5. The summed E-state index contributed by atoms with van der Waals surface area (Å²) in [4.78, 5) is 14.2. The Morgan fingerprint density at radius 1 is 1.31 bits per heavy atom. The van der Waals surface area contributed by atoms with Crippen molar-refractivity contribution in [1.29, 1.82) is 0 Å². The predicted octanol–water partition coefficient (Wildman–Crippen LogP) is 3.75. The maximum atomic E-state index is 13.5. The van der Waals surface area contributed by atoms with Crippen LogP contribution in [0.3, 0.4) is 0 Å². The van der Waals surface area contributed by atoms with Gasteiger partial charge in [0.25, 0.3) is 0 Å². The molecule has 1 saturated heterocycles. The smallest absolute Gasteiger partial charge is 0.384 e. The lowest BCUT2D eigenvalue weighted by Crippen LogP contribution is -2.36. The molecule has 2 heterocycles. The van der Waals surface area contributed by atoms with Crippen molar-refractivity contribution in [3.63, 3.8) is 0 Å². The highest BCUT2D eigenvalue weighted by Crippen LogP contribution is 2.67. The summed E-state index contributed by atoms with van der Waals surface area (Å²) in [5.74, 6) is 0.242. The Kier molecular flexibility index (Phi) is 4.30. The van der Waals surface area contributed by atoms with E-state index >= 15 is 0 Å². The molecule has 0 unspecified atom stereocenters. The molecule has 2 aromatic carbocycles. The summed E-state index contributed by atoms with van der Waals surface area (Å²) in [6.45, 7) is 2.08. The third-order valence-electron chi connectivity index (χ3n) is 5.40. The molecule has 138 valence electrons. The molecule has 0 spiro atoms. The van der Waals surface area contributed by atoms with Gasteiger partial charge in [-0.1, -0.05) is 30.3 Å². The van der Waals surface area contributed by atoms with Crippen molar-refractivity contribution in [2.45, 2.75) is 31.1 Å². The van der Waals surface area contributed by atoms with Gasteiger partial charge in [-0.2, -0.15) is 0 Å². The topological polar surface area (TPSA) is 65.1 Å². The highest BCUT2D eigenvalue weighted by molar-refractivity contribution is 7.55. The van der Waals surface area contributed by atoms with Crippen LogP contribution in [0, 0.1) is 0 Å². The molecule has 0 bridgehead atoms. The summed E-state index contributed by atoms with van der Waals surface area (Å²) in [5, 5.41) is 2.12. The van der Waals surface area contributed by atoms with Crippen LogP contribution >= 0.6 is 7.60 Å². The van der Waals surface area contributed by atoms with Gasteiger partial charge in [0.1, 0.15) is 11.8 Å². The first kappa shape index (κ1) is 17.5. The van der Waals surface area contributed by atoms with Crippen LogP contribution in [-0.2, 0) is 18.6 Å². The molecule has 0 aliphatic carbocycles. The first-order valence-electron chi connectivity index (χ1n) is 8.75. The summed E-state index contributed by atoms with van der Waals surface area (Å²) in [6.07, 6.45) is 0.383. The van der Waals surface area contributed by atoms with Gasteiger partial charge in [-0.15, -0.1) is 0 Å². The van der Waals surface area contributed by atoms with E-state index in [4.69, 9.17) is 13.8 Å². The van der Waals surface area contributed by atoms with E-state index in [0.29, 0.717) is 12.2 Å². The van der Waals surface area contributed by atoms with Gasteiger partial charge in [-0.25, -0.2) is 4.57 Å². The number of likely N-dealkylation sites (N-methyl/N-ethyl adjacent to an activating group) is 1. The number of hydrogen-bond acceptors (Lipinski definition) is 6. The summed E-state index contributed by atoms with van der Waals surface area (Å²) in [7, 11) is -0.152. The lowest BCUT2D eigenvalue weighted by molar-refractivity contribution is -0.145. The van der Waals surface area contributed by atoms with Crippen LogP contribution in [0.5, 0.6) is 5.75 Å². The number of benzene rings is 2. The molecule has 0 radical (unpaired) electrons. The zero-order valence-electron chi connectivity index (χ0n) is 15.0. The molecular formula is C19H22NO5P. The van der Waals surface area contributed by atoms with E-state index in [1.807, 2.05) is 48.3 Å². The van der Waals surface area contributed by atoms with Gasteiger partial charge < -0.3 is 9.26 Å². The minimum absolute atomic E-state index is 0.230. The van der Waals surface area contributed by atoms with Crippen molar-refractivity contribution in [2.24, 2.45) is 0 Å². The molecule has 2 aliphatic rings. The van der Waals surface area contributed by atoms with Crippen LogP contribution in [0.2, 0.25) is 0 Å². The van der Waals surface area contributed by atoms with Gasteiger partial charge in [0, 0.05) is 5.56 Å². The van der Waals surface area contributed by atoms with E-state index < -0.39 is 19.3 Å². The van der Waals surface area contributed by atoms with Gasteiger partial charge in [0.2, 0.25) is 0 Å². The van der Waals surface area contributed by atoms with E-state index in [1.54, 1.807) is 6.92 Å². The van der Waals surface area contributed by atoms with Crippen LogP contribution in [0.25, 0.3) is 10.8 Å². The van der Waals surface area contributed by atoms with E-state index in [9.17, 15) is 9.36 Å². The summed E-state index contributed by atoms with van der Waals surface area (Å²) < 4.78 is 30.1. The largest absolute Gasteiger partial charge is 0.468 e. The molecule has 0 N–H and O–H groups in total. The van der Waals surface area contributed by atoms with E-state index in [0.717, 1.165) is 16.3 Å². The number of esters is 1. The number of nitrogens with zero attached hydrogens (tertiary/aromatic N) is 1. The Bertz CT molecular complexity index is 914. The third-order valence-corrected chi connectivity index (χ3v) is 7.77. The standard InChI is InChI=1S/C19H22NO5P/c1-4-24-26(22)16-11-14(19(21)23-3)20(2)18(16)17-13-8-6-5-7-12(13)9-10-15(17)25-26/h5-10,14,16,18H,4,11H2,1-3H3/t14-,16+,18-,26-/m1/s1. The zero-order valence-corrected chi connectivity index (χ0v) is 15.9. The molecule has 4 atom stereocenters. The maximum absolute atomic E-state index is 13.5. The van der Waals surface area contributed by atoms with E-state index in [-0.39, 0.29) is 18.6 Å². The predicted molar refractivity (Wildman–Crippen MR) is 98.5 cm³/mol. The number of hydrogen-bond donors (Lipinski definition) is 0. The van der Waals surface area contributed by atoms with Crippen LogP contribution in [-0.4, -0.2) is 43.3 Å². The molecule has 1 fully saturated rings. The van der Waals surface area contributed by atoms with Crippen molar-refractivity contribution in [2.75, 3.05) is 20.8 Å². The van der Waals surface area contributed by atoms with Crippen molar-refractivity contribution in [3.05, 3.63) is 42.0 Å². The fourth-order valence-corrected chi connectivity index (χ4v) is 6.59. The van der Waals surface area contributed by atoms with Crippen molar-refractivity contribution in [1.82, 2.24) is 4.90 Å². The van der Waals surface area contributed by atoms with Gasteiger partial charge in [-0.05, 0) is 37.2 Å². The van der Waals surface area contributed by atoms with Gasteiger partial charge in [-0.3, -0.25) is 14.2 Å². The zero-order chi connectivity index (χ0) is 18.5. The van der Waals surface area contributed by atoms with Crippen molar-refractivity contribution < 1.29 is 23.1 Å². The Morgan fingerprint density at radius 3 is 2.81 bits per heavy atom. The van der Waals surface area contributed by atoms with Gasteiger partial charge in [0.15, 0.2) is 0 Å². The van der Waals surface area contributed by atoms with Crippen LogP contribution in [0.1, 0.15) is 24.9 Å². The minimum atomic E-state index is -3.40. The molecule has 26 heavy (non-hydrogen) atoms. The number of likely N-dealkylation sites (tertiary alicyclic amines) is 1. The number of ether oxygens (including phenoxy) is 1. The second-order valence-electron chi connectivity index (χ2n) is 6.70. The third kappa shape index (κ3) is 2.48. The molecule has 4 rings (SSSR count). The maximum Gasteiger partial charge on any atom is 0.384 e. The van der Waals surface area contributed by atoms with E-state index in [2.05, 4.69) is 0 Å². The Hall–Kier alpha value is -1.88. The SMILES string of the molecule is CCO[P@@]1(=O)Oc2ccc3ccccc3c2[C@H]2[C@@H]1C[C@H](C(=O)OC)N2C. The lowest BCUT2D eigenvalue weighted by Gasteiger charge is -2.37. The molecule has 7 heteroatoms. The summed E-state index contributed by atoms with van der Waals surface area (Å²) in [5.41, 5.74) is 0.558. The quantitative estimate of drug-likeness (QED) is 0.601. The van der Waals surface area contributed by atoms with Crippen molar-refractivity contribution >= 4 is 24.3 Å². The second kappa shape index (κ2) is 6.38. The van der Waals surface area contributed by atoms with Gasteiger partial charge >= 0.3 is 13.6 Å². The monoisotopic (exact) mass is 375 g/mol. The molecule has 2 aromatic rings. The number of carbonyl (C=O) groups excluding carboxylic acids is 1. The van der Waals surface area contributed by atoms with Gasteiger partial charge in [0.05, 0.1) is 25.4 Å². The molecule has 0 aromatic heterocycles. The van der Waals surface area contributed by atoms with Crippen LogP contribution < -0.4 is 4.52 Å². The average molecular weight is 375 g/mol. The highest BCUT2D eigenvalue weighted by Gasteiger charge is 2.57. The first-order valence-corrected chi connectivity index (χ1v) is 10.4. The molecule has 6 nitrogen and oxygen atoms in total. The normalized spacial score (nSPS) is 30.5. The molecule has 0 saturated carbocycles. The summed E-state index contributed by atoms with van der Waals surface area (Å²) in [6, 6.07) is 11.1. The number of rotatable bonds is 3. The molecule has 0 amide bonds. The first-order chi connectivity index (χ1) is 12.5. The molecule has 2 aliphatic heterocycles. The molecular weight excluding hydrogens is 353 g/mol. The Balaban J connectivity index is 1.93. The Morgan fingerprint density at radius 2 is 2.08 bits per heavy atom. The Labute approximate surface area is 152 Å². The van der Waals surface area contributed by atoms with Crippen LogP contribution in [0.4, 0.5) is 0 Å². The lowest BCUT2D eigenvalue weighted by atomic mass is 9.96. The second-order valence-corrected chi connectivity index (χ2v) is 8.88. The van der Waals surface area contributed by atoms with E-state index in [1.165, 1.54) is 7.11 Å².